The lowest BCUT2D eigenvalue weighted by molar-refractivity contribution is 0.209. The number of fused-ring (bicyclic) bond motifs is 1. The molecule has 0 bridgehead atoms. The largest absolute Gasteiger partial charge is 0.396 e. The number of aromatic nitrogens is 2. The van der Waals surface area contributed by atoms with E-state index in [1.165, 1.54) is 0 Å². The van der Waals surface area contributed by atoms with E-state index in [0.29, 0.717) is 11.7 Å². The smallest absolute Gasteiger partial charge is 0.131 e. The molecule has 0 aliphatic carbocycles. The third-order valence-corrected chi connectivity index (χ3v) is 4.15. The molecule has 0 radical (unpaired) electrons. The molecule has 3 N–H and O–H groups in total. The van der Waals surface area contributed by atoms with E-state index in [9.17, 15) is 5.11 Å². The first-order valence-electron chi connectivity index (χ1n) is 7.26. The van der Waals surface area contributed by atoms with Crippen LogP contribution in [0.25, 0.3) is 17.0 Å². The minimum atomic E-state index is 0.234. The Labute approximate surface area is 124 Å². The minimum absolute atomic E-state index is 0.234. The Hall–Kier alpha value is -2.14. The van der Waals surface area contributed by atoms with Crippen LogP contribution in [0.2, 0.25) is 0 Å². The van der Waals surface area contributed by atoms with Gasteiger partial charge < -0.3 is 15.7 Å². The van der Waals surface area contributed by atoms with Crippen molar-refractivity contribution in [2.24, 2.45) is 5.92 Å². The molecule has 3 rings (SSSR count). The van der Waals surface area contributed by atoms with Gasteiger partial charge in [0.15, 0.2) is 0 Å². The summed E-state index contributed by atoms with van der Waals surface area (Å²) < 4.78 is 0. The second-order valence-electron chi connectivity index (χ2n) is 5.49. The second kappa shape index (κ2) is 5.69. The molecule has 5 heteroatoms. The van der Waals surface area contributed by atoms with Crippen LogP contribution in [-0.4, -0.2) is 34.8 Å². The van der Waals surface area contributed by atoms with E-state index in [2.05, 4.69) is 21.4 Å². The normalized spacial score (nSPS) is 18.9. The van der Waals surface area contributed by atoms with Crippen LogP contribution in [0.3, 0.4) is 0 Å². The van der Waals surface area contributed by atoms with E-state index in [1.807, 2.05) is 6.07 Å². The minimum Gasteiger partial charge on any atom is -0.396 e. The lowest BCUT2D eigenvalue weighted by Crippen LogP contribution is -2.37. The van der Waals surface area contributed by atoms with E-state index in [0.717, 1.165) is 48.1 Å². The van der Waals surface area contributed by atoms with Crippen LogP contribution in [0.1, 0.15) is 18.4 Å². The predicted octanol–water partition coefficient (Wildman–Crippen LogP) is 2.06. The third kappa shape index (κ3) is 2.45. The zero-order valence-corrected chi connectivity index (χ0v) is 12.0. The Morgan fingerprint density at radius 2 is 2.33 bits per heavy atom. The average molecular weight is 284 g/mol. The summed E-state index contributed by atoms with van der Waals surface area (Å²) in [5.74, 6) is 0.802. The van der Waals surface area contributed by atoms with Crippen LogP contribution in [0.4, 0.5) is 11.5 Å². The highest BCUT2D eigenvalue weighted by Crippen LogP contribution is 2.33. The fourth-order valence-electron chi connectivity index (χ4n) is 3.07. The number of rotatable bonds is 3. The molecule has 1 aliphatic heterocycles. The van der Waals surface area contributed by atoms with Crippen molar-refractivity contribution in [1.29, 1.82) is 0 Å². The van der Waals surface area contributed by atoms with Gasteiger partial charge in [0.1, 0.15) is 5.82 Å². The maximum Gasteiger partial charge on any atom is 0.131 e. The van der Waals surface area contributed by atoms with E-state index >= 15 is 0 Å². The van der Waals surface area contributed by atoms with Crippen molar-refractivity contribution in [1.82, 2.24) is 9.97 Å². The molecule has 21 heavy (non-hydrogen) atoms. The molecular weight excluding hydrogens is 264 g/mol. The molecule has 2 aromatic heterocycles. The van der Waals surface area contributed by atoms with E-state index in [1.54, 1.807) is 18.5 Å². The molecule has 3 heterocycles. The van der Waals surface area contributed by atoms with Crippen molar-refractivity contribution in [2.45, 2.75) is 12.8 Å². The van der Waals surface area contributed by atoms with Crippen LogP contribution in [0, 0.1) is 5.92 Å². The van der Waals surface area contributed by atoms with E-state index in [4.69, 9.17) is 5.73 Å². The monoisotopic (exact) mass is 284 g/mol. The summed E-state index contributed by atoms with van der Waals surface area (Å²) in [6.07, 6.45) is 7.40. The molecule has 1 atom stereocenters. The number of pyridine rings is 2. The highest BCUT2D eigenvalue weighted by Gasteiger charge is 2.22. The summed E-state index contributed by atoms with van der Waals surface area (Å²) in [6, 6.07) is 2.01. The maximum absolute atomic E-state index is 9.43. The summed E-state index contributed by atoms with van der Waals surface area (Å²) >= 11 is 0. The molecule has 1 aliphatic rings. The molecule has 1 fully saturated rings. The van der Waals surface area contributed by atoms with Crippen molar-refractivity contribution < 1.29 is 5.11 Å². The molecule has 5 nitrogen and oxygen atoms in total. The summed E-state index contributed by atoms with van der Waals surface area (Å²) in [6.45, 7) is 5.92. The molecule has 110 valence electrons. The van der Waals surface area contributed by atoms with Gasteiger partial charge in [0.05, 0.1) is 11.7 Å². The van der Waals surface area contributed by atoms with Gasteiger partial charge in [-0.2, -0.15) is 0 Å². The molecule has 0 spiro atoms. The Kier molecular flexibility index (Phi) is 3.75. The SMILES string of the molecule is C=Cc1c(N)ncc2nccc(N3CCCC(CO)C3)c12. The molecular formula is C16H20N4O. The van der Waals surface area contributed by atoms with E-state index in [-0.39, 0.29) is 6.61 Å². The molecule has 0 saturated carbocycles. The number of aliphatic hydroxyl groups is 1. The first-order valence-corrected chi connectivity index (χ1v) is 7.26. The number of hydrogen-bond acceptors (Lipinski definition) is 5. The zero-order valence-electron chi connectivity index (χ0n) is 12.0. The van der Waals surface area contributed by atoms with Crippen LogP contribution in [0.5, 0.6) is 0 Å². The van der Waals surface area contributed by atoms with Gasteiger partial charge in [-0.05, 0) is 24.8 Å². The predicted molar refractivity (Wildman–Crippen MR) is 86.1 cm³/mol. The number of anilines is 2. The van der Waals surface area contributed by atoms with Crippen molar-refractivity contribution in [3.8, 4) is 0 Å². The lowest BCUT2D eigenvalue weighted by atomic mass is 9.97. The number of hydrogen-bond donors (Lipinski definition) is 2. The van der Waals surface area contributed by atoms with Crippen LogP contribution in [-0.2, 0) is 0 Å². The Bertz CT molecular complexity index is 671. The lowest BCUT2D eigenvalue weighted by Gasteiger charge is -2.34. The summed E-state index contributed by atoms with van der Waals surface area (Å²) in [7, 11) is 0. The standard InChI is InChI=1S/C16H20N4O/c1-2-12-15-13(8-19-16(12)17)18-6-5-14(15)20-7-3-4-11(9-20)10-21/h2,5-6,8,11,21H,1,3-4,7,9-10H2,(H2,17,19). The Morgan fingerprint density at radius 3 is 3.10 bits per heavy atom. The molecule has 0 aromatic carbocycles. The average Bonchev–Trinajstić information content (AvgIpc) is 2.54. The fraction of sp³-hybridized carbons (Fsp3) is 0.375. The van der Waals surface area contributed by atoms with Gasteiger partial charge in [0, 0.05) is 42.5 Å². The topological polar surface area (TPSA) is 75.3 Å². The van der Waals surface area contributed by atoms with Crippen LogP contribution < -0.4 is 10.6 Å². The number of nitrogens with zero attached hydrogens (tertiary/aromatic N) is 3. The summed E-state index contributed by atoms with van der Waals surface area (Å²) in [5, 5.41) is 10.4. The first kappa shape index (κ1) is 13.8. The molecule has 1 saturated heterocycles. The van der Waals surface area contributed by atoms with Crippen molar-refractivity contribution >= 4 is 28.5 Å². The second-order valence-corrected chi connectivity index (χ2v) is 5.49. The molecule has 1 unspecified atom stereocenters. The van der Waals surface area contributed by atoms with Gasteiger partial charge in [-0.25, -0.2) is 4.98 Å². The third-order valence-electron chi connectivity index (χ3n) is 4.15. The summed E-state index contributed by atoms with van der Waals surface area (Å²) in [4.78, 5) is 10.9. The number of aliphatic hydroxyl groups excluding tert-OH is 1. The molecule has 2 aromatic rings. The molecule has 0 amide bonds. The first-order chi connectivity index (χ1) is 10.2. The van der Waals surface area contributed by atoms with Gasteiger partial charge in [-0.15, -0.1) is 0 Å². The van der Waals surface area contributed by atoms with Gasteiger partial charge in [-0.1, -0.05) is 12.7 Å². The quantitative estimate of drug-likeness (QED) is 0.902. The zero-order chi connectivity index (χ0) is 14.8. The highest BCUT2D eigenvalue weighted by molar-refractivity contribution is 6.00. The van der Waals surface area contributed by atoms with Gasteiger partial charge in [-0.3, -0.25) is 4.98 Å². The number of nitrogen functional groups attached to an aromatic ring is 1. The fourth-order valence-corrected chi connectivity index (χ4v) is 3.07. The summed E-state index contributed by atoms with van der Waals surface area (Å²) in [5.41, 5.74) is 8.74. The number of nitrogens with two attached hydrogens (primary N) is 1. The van der Waals surface area contributed by atoms with Crippen molar-refractivity contribution in [3.63, 3.8) is 0 Å². The van der Waals surface area contributed by atoms with Gasteiger partial charge >= 0.3 is 0 Å². The van der Waals surface area contributed by atoms with Crippen molar-refractivity contribution in [2.75, 3.05) is 30.3 Å². The van der Waals surface area contributed by atoms with Gasteiger partial charge in [0.25, 0.3) is 0 Å². The van der Waals surface area contributed by atoms with Crippen LogP contribution >= 0.6 is 0 Å². The Balaban J connectivity index is 2.13. The highest BCUT2D eigenvalue weighted by atomic mass is 16.3. The van der Waals surface area contributed by atoms with Crippen LogP contribution in [0.15, 0.2) is 25.0 Å². The van der Waals surface area contributed by atoms with E-state index < -0.39 is 0 Å². The maximum atomic E-state index is 9.43. The number of piperidine rings is 1. The van der Waals surface area contributed by atoms with Crippen molar-refractivity contribution in [3.05, 3.63) is 30.6 Å². The van der Waals surface area contributed by atoms with Gasteiger partial charge in [0.2, 0.25) is 0 Å². The Morgan fingerprint density at radius 1 is 1.48 bits per heavy atom.